The Balaban J connectivity index is 1.69. The standard InChI is InChI=1S/C19H20N4O5S/c1-19(2,3)14-6-4-13(5-7-14)18-21-17(28-22-18)12-20-29(26,27)16-10-8-15(9-11-16)23(24)25/h4-11,20H,12H2,1-3H3. The number of nitro groups is 1. The second kappa shape index (κ2) is 7.72. The lowest BCUT2D eigenvalue weighted by Crippen LogP contribution is -2.23. The summed E-state index contributed by atoms with van der Waals surface area (Å²) in [5.74, 6) is 0.459. The van der Waals surface area contributed by atoms with Crippen LogP contribution in [-0.4, -0.2) is 23.5 Å². The van der Waals surface area contributed by atoms with Gasteiger partial charge >= 0.3 is 0 Å². The van der Waals surface area contributed by atoms with Gasteiger partial charge in [-0.1, -0.05) is 50.2 Å². The zero-order valence-electron chi connectivity index (χ0n) is 16.1. The smallest absolute Gasteiger partial charge is 0.269 e. The van der Waals surface area contributed by atoms with Crippen LogP contribution in [-0.2, 0) is 22.0 Å². The SMILES string of the molecule is CC(C)(C)c1ccc(-c2noc(CNS(=O)(=O)c3ccc([N+](=O)[O-])cc3)n2)cc1. The number of rotatable bonds is 6. The number of hydrogen-bond donors (Lipinski definition) is 1. The van der Waals surface area contributed by atoms with Gasteiger partial charge in [-0.15, -0.1) is 0 Å². The van der Waals surface area contributed by atoms with E-state index >= 15 is 0 Å². The van der Waals surface area contributed by atoms with E-state index < -0.39 is 14.9 Å². The molecule has 0 unspecified atom stereocenters. The van der Waals surface area contributed by atoms with Crippen LogP contribution in [0.2, 0.25) is 0 Å². The van der Waals surface area contributed by atoms with Crippen LogP contribution in [0, 0.1) is 10.1 Å². The molecule has 0 saturated heterocycles. The van der Waals surface area contributed by atoms with Crippen molar-refractivity contribution < 1.29 is 17.9 Å². The number of nitro benzene ring substituents is 1. The molecule has 0 bridgehead atoms. The highest BCUT2D eigenvalue weighted by Crippen LogP contribution is 2.25. The summed E-state index contributed by atoms with van der Waals surface area (Å²) in [5.41, 5.74) is 1.76. The fraction of sp³-hybridized carbons (Fsp3) is 0.263. The summed E-state index contributed by atoms with van der Waals surface area (Å²) in [7, 11) is -3.88. The van der Waals surface area contributed by atoms with Gasteiger partial charge in [0.2, 0.25) is 21.7 Å². The maximum atomic E-state index is 12.3. The summed E-state index contributed by atoms with van der Waals surface area (Å²) in [5, 5.41) is 14.6. The highest BCUT2D eigenvalue weighted by molar-refractivity contribution is 7.89. The van der Waals surface area contributed by atoms with Crippen molar-refractivity contribution in [1.82, 2.24) is 14.9 Å². The lowest BCUT2D eigenvalue weighted by Gasteiger charge is -2.18. The molecule has 1 N–H and O–H groups in total. The molecule has 1 aromatic heterocycles. The number of nitrogens with one attached hydrogen (secondary N) is 1. The first-order chi connectivity index (χ1) is 13.6. The summed E-state index contributed by atoms with van der Waals surface area (Å²) >= 11 is 0. The third-order valence-electron chi connectivity index (χ3n) is 4.25. The van der Waals surface area contributed by atoms with Crippen LogP contribution in [0.3, 0.4) is 0 Å². The van der Waals surface area contributed by atoms with E-state index in [1.54, 1.807) is 0 Å². The average molecular weight is 416 g/mol. The zero-order chi connectivity index (χ0) is 21.2. The van der Waals surface area contributed by atoms with Crippen LogP contribution in [0.25, 0.3) is 11.4 Å². The third-order valence-corrected chi connectivity index (χ3v) is 5.67. The second-order valence-corrected chi connectivity index (χ2v) is 9.18. The maximum absolute atomic E-state index is 12.3. The van der Waals surface area contributed by atoms with Crippen molar-refractivity contribution >= 4 is 15.7 Å². The molecule has 0 aliphatic rings. The summed E-state index contributed by atoms with van der Waals surface area (Å²) in [6.07, 6.45) is 0. The molecule has 9 nitrogen and oxygen atoms in total. The van der Waals surface area contributed by atoms with Gasteiger partial charge in [0, 0.05) is 17.7 Å². The minimum atomic E-state index is -3.88. The number of hydrogen-bond acceptors (Lipinski definition) is 7. The molecule has 2 aromatic carbocycles. The quantitative estimate of drug-likeness (QED) is 0.481. The number of non-ortho nitro benzene ring substituents is 1. The van der Waals surface area contributed by atoms with Crippen molar-refractivity contribution in [1.29, 1.82) is 0 Å². The fourth-order valence-corrected chi connectivity index (χ4v) is 3.52. The molecule has 152 valence electrons. The first kappa shape index (κ1) is 20.6. The van der Waals surface area contributed by atoms with E-state index in [0.29, 0.717) is 5.82 Å². The lowest BCUT2D eigenvalue weighted by atomic mass is 9.87. The summed E-state index contributed by atoms with van der Waals surface area (Å²) < 4.78 is 32.1. The maximum Gasteiger partial charge on any atom is 0.269 e. The molecule has 0 atom stereocenters. The van der Waals surface area contributed by atoms with Crippen LogP contribution in [0.5, 0.6) is 0 Å². The summed E-state index contributed by atoms with van der Waals surface area (Å²) in [6.45, 7) is 6.15. The van der Waals surface area contributed by atoms with Gasteiger partial charge in [-0.3, -0.25) is 10.1 Å². The Bertz CT molecular complexity index is 1110. The van der Waals surface area contributed by atoms with Crippen molar-refractivity contribution in [3.8, 4) is 11.4 Å². The molecule has 0 fully saturated rings. The predicted molar refractivity (Wildman–Crippen MR) is 106 cm³/mol. The van der Waals surface area contributed by atoms with Gasteiger partial charge in [0.05, 0.1) is 16.4 Å². The fourth-order valence-electron chi connectivity index (χ4n) is 2.55. The van der Waals surface area contributed by atoms with Crippen molar-refractivity contribution in [2.24, 2.45) is 0 Å². The lowest BCUT2D eigenvalue weighted by molar-refractivity contribution is -0.384. The van der Waals surface area contributed by atoms with E-state index in [0.717, 1.165) is 29.8 Å². The Morgan fingerprint density at radius 3 is 2.24 bits per heavy atom. The molecular formula is C19H20N4O5S. The Hall–Kier alpha value is -3.11. The number of sulfonamides is 1. The number of benzene rings is 2. The van der Waals surface area contributed by atoms with Gasteiger partial charge in [-0.2, -0.15) is 4.98 Å². The molecule has 0 aliphatic heterocycles. The first-order valence-corrected chi connectivity index (χ1v) is 10.2. The van der Waals surface area contributed by atoms with E-state index in [9.17, 15) is 18.5 Å². The van der Waals surface area contributed by atoms with Crippen LogP contribution < -0.4 is 4.72 Å². The molecular weight excluding hydrogens is 396 g/mol. The zero-order valence-corrected chi connectivity index (χ0v) is 16.9. The molecule has 0 saturated carbocycles. The van der Waals surface area contributed by atoms with Crippen molar-refractivity contribution in [2.45, 2.75) is 37.6 Å². The highest BCUT2D eigenvalue weighted by Gasteiger charge is 2.18. The monoisotopic (exact) mass is 416 g/mol. The van der Waals surface area contributed by atoms with Gasteiger partial charge in [-0.05, 0) is 23.1 Å². The third kappa shape index (κ3) is 4.84. The molecule has 29 heavy (non-hydrogen) atoms. The van der Waals surface area contributed by atoms with Crippen LogP contribution in [0.15, 0.2) is 57.9 Å². The Morgan fingerprint density at radius 2 is 1.69 bits per heavy atom. The van der Waals surface area contributed by atoms with Crippen molar-refractivity contribution in [3.63, 3.8) is 0 Å². The van der Waals surface area contributed by atoms with E-state index in [4.69, 9.17) is 4.52 Å². The van der Waals surface area contributed by atoms with Crippen LogP contribution in [0.1, 0.15) is 32.2 Å². The average Bonchev–Trinajstić information content (AvgIpc) is 3.15. The Labute approximate surface area is 168 Å². The van der Waals surface area contributed by atoms with Gasteiger partial charge < -0.3 is 4.52 Å². The van der Waals surface area contributed by atoms with Crippen molar-refractivity contribution in [3.05, 3.63) is 70.1 Å². The number of aromatic nitrogens is 2. The predicted octanol–water partition coefficient (Wildman–Crippen LogP) is 3.42. The molecule has 10 heteroatoms. The number of nitrogens with zero attached hydrogens (tertiary/aromatic N) is 3. The minimum absolute atomic E-state index is 0.0249. The van der Waals surface area contributed by atoms with E-state index in [1.807, 2.05) is 24.3 Å². The van der Waals surface area contributed by atoms with Crippen LogP contribution >= 0.6 is 0 Å². The molecule has 0 aliphatic carbocycles. The highest BCUT2D eigenvalue weighted by atomic mass is 32.2. The molecule has 3 aromatic rings. The van der Waals surface area contributed by atoms with Crippen molar-refractivity contribution in [2.75, 3.05) is 0 Å². The van der Waals surface area contributed by atoms with Gasteiger partial charge in [0.15, 0.2) is 0 Å². The molecule has 0 amide bonds. The normalized spacial score (nSPS) is 12.1. The van der Waals surface area contributed by atoms with E-state index in [-0.39, 0.29) is 28.4 Å². The molecule has 0 spiro atoms. The molecule has 3 rings (SSSR count). The molecule has 1 heterocycles. The molecule has 0 radical (unpaired) electrons. The second-order valence-electron chi connectivity index (χ2n) is 7.41. The minimum Gasteiger partial charge on any atom is -0.338 e. The van der Waals surface area contributed by atoms with E-state index in [1.165, 1.54) is 5.56 Å². The summed E-state index contributed by atoms with van der Waals surface area (Å²) in [6, 6.07) is 12.3. The van der Waals surface area contributed by atoms with Gasteiger partial charge in [0.1, 0.15) is 0 Å². The van der Waals surface area contributed by atoms with E-state index in [2.05, 4.69) is 35.6 Å². The Kier molecular flexibility index (Phi) is 5.49. The van der Waals surface area contributed by atoms with Gasteiger partial charge in [-0.25, -0.2) is 13.1 Å². The van der Waals surface area contributed by atoms with Crippen LogP contribution in [0.4, 0.5) is 5.69 Å². The topological polar surface area (TPSA) is 128 Å². The Morgan fingerprint density at radius 1 is 1.07 bits per heavy atom. The van der Waals surface area contributed by atoms with Gasteiger partial charge in [0.25, 0.3) is 5.69 Å². The summed E-state index contributed by atoms with van der Waals surface area (Å²) in [4.78, 5) is 14.2. The largest absolute Gasteiger partial charge is 0.338 e. The first-order valence-electron chi connectivity index (χ1n) is 8.74.